The minimum Gasteiger partial charge on any atom is -0.373 e. The molecule has 3 amide bonds. The summed E-state index contributed by atoms with van der Waals surface area (Å²) in [4.78, 5) is 31.0. The van der Waals surface area contributed by atoms with Crippen LogP contribution >= 0.6 is 0 Å². The second-order valence-electron chi connectivity index (χ2n) is 9.02. The largest absolute Gasteiger partial charge is 0.373 e. The molecular weight excluding hydrogens is 434 g/mol. The number of hydrogen-bond acceptors (Lipinski definition) is 5. The van der Waals surface area contributed by atoms with E-state index in [-0.39, 0.29) is 30.1 Å². The Balaban J connectivity index is 1.49. The first-order valence-electron chi connectivity index (χ1n) is 11.9. The smallest absolute Gasteiger partial charge is 0.319 e. The van der Waals surface area contributed by atoms with Gasteiger partial charge in [0.15, 0.2) is 0 Å². The molecule has 3 fully saturated rings. The van der Waals surface area contributed by atoms with Crippen molar-refractivity contribution in [2.75, 3.05) is 65.4 Å². The Morgan fingerprint density at radius 1 is 0.844 bits per heavy atom. The van der Waals surface area contributed by atoms with E-state index in [4.69, 9.17) is 4.74 Å². The number of piperidine rings is 1. The van der Waals surface area contributed by atoms with Crippen LogP contribution in [0.5, 0.6) is 0 Å². The van der Waals surface area contributed by atoms with Gasteiger partial charge in [0.2, 0.25) is 5.91 Å². The topological polar surface area (TPSA) is 93.7 Å². The van der Waals surface area contributed by atoms with Gasteiger partial charge in [0.25, 0.3) is 10.2 Å². The van der Waals surface area contributed by atoms with Crippen LogP contribution in [0.2, 0.25) is 0 Å². The molecular formula is C21H39N5O5S. The molecule has 0 aromatic heterocycles. The van der Waals surface area contributed by atoms with E-state index in [1.807, 2.05) is 32.6 Å². The van der Waals surface area contributed by atoms with Crippen LogP contribution < -0.4 is 0 Å². The van der Waals surface area contributed by atoms with Gasteiger partial charge in [-0.15, -0.1) is 0 Å². The number of carbonyl (C=O) groups excluding carboxylic acids is 2. The van der Waals surface area contributed by atoms with E-state index in [9.17, 15) is 18.0 Å². The lowest BCUT2D eigenvalue weighted by Crippen LogP contribution is -2.58. The Labute approximate surface area is 192 Å². The van der Waals surface area contributed by atoms with Crippen LogP contribution in [0.25, 0.3) is 0 Å². The first-order chi connectivity index (χ1) is 15.2. The minimum atomic E-state index is -3.56. The Bertz CT molecular complexity index is 749. The zero-order valence-corrected chi connectivity index (χ0v) is 20.7. The van der Waals surface area contributed by atoms with Gasteiger partial charge in [-0.05, 0) is 40.5 Å². The SMILES string of the molecule is CCN(CC)C(=O)N1CCC(C(=O)N2CCN(S(=O)(=O)N3CC(C)OC(C)C3)CC2)CC1. The number of urea groups is 1. The maximum absolute atomic E-state index is 13.1. The molecule has 0 aromatic rings. The van der Waals surface area contributed by atoms with Gasteiger partial charge >= 0.3 is 6.03 Å². The molecule has 0 bridgehead atoms. The number of likely N-dealkylation sites (tertiary alicyclic amines) is 1. The van der Waals surface area contributed by atoms with Crippen molar-refractivity contribution in [3.8, 4) is 0 Å². The van der Waals surface area contributed by atoms with E-state index in [1.165, 1.54) is 8.61 Å². The number of hydrogen-bond donors (Lipinski definition) is 0. The Morgan fingerprint density at radius 3 is 1.88 bits per heavy atom. The van der Waals surface area contributed by atoms with E-state index in [0.717, 1.165) is 0 Å². The predicted molar refractivity (Wildman–Crippen MR) is 121 cm³/mol. The van der Waals surface area contributed by atoms with E-state index in [1.54, 1.807) is 9.80 Å². The number of nitrogens with zero attached hydrogens (tertiary/aromatic N) is 5. The van der Waals surface area contributed by atoms with Crippen molar-refractivity contribution in [1.82, 2.24) is 23.3 Å². The molecule has 0 spiro atoms. The maximum Gasteiger partial charge on any atom is 0.319 e. The third kappa shape index (κ3) is 5.55. The molecule has 2 atom stereocenters. The zero-order chi connectivity index (χ0) is 23.5. The highest BCUT2D eigenvalue weighted by Crippen LogP contribution is 2.23. The summed E-state index contributed by atoms with van der Waals surface area (Å²) in [7, 11) is -3.56. The van der Waals surface area contributed by atoms with Crippen molar-refractivity contribution in [3.63, 3.8) is 0 Å². The fourth-order valence-electron chi connectivity index (χ4n) is 4.89. The summed E-state index contributed by atoms with van der Waals surface area (Å²) in [6.45, 7) is 12.4. The van der Waals surface area contributed by atoms with E-state index >= 15 is 0 Å². The highest BCUT2D eigenvalue weighted by Gasteiger charge is 2.38. The third-order valence-corrected chi connectivity index (χ3v) is 8.71. The molecule has 3 rings (SSSR count). The number of morpholine rings is 1. The summed E-state index contributed by atoms with van der Waals surface area (Å²) in [5.74, 6) is -0.00884. The third-order valence-electron chi connectivity index (χ3n) is 6.74. The van der Waals surface area contributed by atoms with Crippen molar-refractivity contribution in [3.05, 3.63) is 0 Å². The summed E-state index contributed by atoms with van der Waals surface area (Å²) in [5.41, 5.74) is 0. The van der Waals surface area contributed by atoms with Gasteiger partial charge in [0, 0.05) is 71.4 Å². The van der Waals surface area contributed by atoms with Gasteiger partial charge in [0.05, 0.1) is 12.2 Å². The molecule has 0 aromatic carbocycles. The van der Waals surface area contributed by atoms with Crippen molar-refractivity contribution < 1.29 is 22.7 Å². The van der Waals surface area contributed by atoms with Crippen molar-refractivity contribution in [2.45, 2.75) is 52.7 Å². The predicted octanol–water partition coefficient (Wildman–Crippen LogP) is 0.658. The number of rotatable bonds is 5. The van der Waals surface area contributed by atoms with Crippen LogP contribution in [0.3, 0.4) is 0 Å². The molecule has 0 radical (unpaired) electrons. The van der Waals surface area contributed by atoms with E-state index in [0.29, 0.717) is 78.3 Å². The van der Waals surface area contributed by atoms with Crippen molar-refractivity contribution >= 4 is 22.1 Å². The summed E-state index contributed by atoms with van der Waals surface area (Å²) >= 11 is 0. The normalized spacial score (nSPS) is 26.9. The van der Waals surface area contributed by atoms with Gasteiger partial charge in [-0.2, -0.15) is 17.0 Å². The van der Waals surface area contributed by atoms with Crippen LogP contribution in [0.4, 0.5) is 4.79 Å². The van der Waals surface area contributed by atoms with Crippen LogP contribution in [-0.4, -0.2) is 121 Å². The summed E-state index contributed by atoms with van der Waals surface area (Å²) in [6.07, 6.45) is 1.06. The lowest BCUT2D eigenvalue weighted by atomic mass is 9.95. The second kappa shape index (κ2) is 10.7. The summed E-state index contributed by atoms with van der Waals surface area (Å²) < 4.78 is 34.8. The second-order valence-corrected chi connectivity index (χ2v) is 11.0. The van der Waals surface area contributed by atoms with Gasteiger partial charge in [-0.3, -0.25) is 4.79 Å². The zero-order valence-electron chi connectivity index (χ0n) is 19.9. The summed E-state index contributed by atoms with van der Waals surface area (Å²) in [5, 5.41) is 0. The quantitative estimate of drug-likeness (QED) is 0.585. The van der Waals surface area contributed by atoms with Crippen LogP contribution in [0.15, 0.2) is 0 Å². The first kappa shape index (κ1) is 25.2. The molecule has 2 unspecified atom stereocenters. The fraction of sp³-hybridized carbons (Fsp3) is 0.905. The molecule has 3 aliphatic heterocycles. The number of piperazine rings is 1. The molecule has 11 heteroatoms. The molecule has 32 heavy (non-hydrogen) atoms. The van der Waals surface area contributed by atoms with Gasteiger partial charge in [-0.1, -0.05) is 0 Å². The average molecular weight is 474 g/mol. The first-order valence-corrected chi connectivity index (χ1v) is 13.3. The highest BCUT2D eigenvalue weighted by atomic mass is 32.2. The minimum absolute atomic E-state index is 0.0477. The van der Waals surface area contributed by atoms with Gasteiger partial charge in [-0.25, -0.2) is 4.79 Å². The standard InChI is InChI=1S/C21H39N5O5S/c1-5-22(6-2)21(28)24-9-7-19(8-10-24)20(27)23-11-13-25(14-12-23)32(29,30)26-15-17(3)31-18(4)16-26/h17-19H,5-16H2,1-4H3. The monoisotopic (exact) mass is 473 g/mol. The van der Waals surface area contributed by atoms with Crippen LogP contribution in [0.1, 0.15) is 40.5 Å². The Kier molecular flexibility index (Phi) is 8.40. The number of amides is 3. The Morgan fingerprint density at radius 2 is 1.38 bits per heavy atom. The molecule has 3 heterocycles. The summed E-state index contributed by atoms with van der Waals surface area (Å²) in [6, 6.07) is 0.0477. The van der Waals surface area contributed by atoms with Crippen LogP contribution in [0, 0.1) is 5.92 Å². The maximum atomic E-state index is 13.1. The molecule has 0 N–H and O–H groups in total. The molecule has 10 nitrogen and oxygen atoms in total. The lowest BCUT2D eigenvalue weighted by molar-refractivity contribution is -0.138. The molecule has 0 aliphatic carbocycles. The number of ether oxygens (including phenoxy) is 1. The lowest BCUT2D eigenvalue weighted by Gasteiger charge is -2.41. The number of carbonyl (C=O) groups is 2. The van der Waals surface area contributed by atoms with Gasteiger partial charge in [0.1, 0.15) is 0 Å². The molecule has 3 aliphatic rings. The highest BCUT2D eigenvalue weighted by molar-refractivity contribution is 7.86. The fourth-order valence-corrected chi connectivity index (χ4v) is 6.64. The van der Waals surface area contributed by atoms with Crippen LogP contribution in [-0.2, 0) is 19.7 Å². The molecule has 0 saturated carbocycles. The Hall–Kier alpha value is -1.43. The average Bonchev–Trinajstić information content (AvgIpc) is 2.79. The van der Waals surface area contributed by atoms with E-state index < -0.39 is 10.2 Å². The van der Waals surface area contributed by atoms with Gasteiger partial charge < -0.3 is 19.4 Å². The van der Waals surface area contributed by atoms with Crippen molar-refractivity contribution in [1.29, 1.82) is 0 Å². The molecule has 184 valence electrons. The van der Waals surface area contributed by atoms with E-state index in [2.05, 4.69) is 0 Å². The molecule has 3 saturated heterocycles. The van der Waals surface area contributed by atoms with Crippen molar-refractivity contribution in [2.24, 2.45) is 5.92 Å².